The molecule has 2 aromatic heterocycles. The number of carbonyl (C=O) groups excluding carboxylic acids is 1. The summed E-state index contributed by atoms with van der Waals surface area (Å²) in [7, 11) is -3.50. The molecule has 36 heavy (non-hydrogen) atoms. The van der Waals surface area contributed by atoms with Gasteiger partial charge in [-0.1, -0.05) is 35.9 Å². The number of fused-ring (bicyclic) bond motifs is 1. The zero-order chi connectivity index (χ0) is 25.1. The van der Waals surface area contributed by atoms with E-state index in [-0.39, 0.29) is 16.6 Å². The average molecular weight is 523 g/mol. The summed E-state index contributed by atoms with van der Waals surface area (Å²) < 4.78 is 28.9. The molecule has 1 N–H and O–H groups in total. The summed E-state index contributed by atoms with van der Waals surface area (Å²) in [6.45, 7) is 3.13. The molecule has 1 amide bonds. The molecule has 0 spiro atoms. The Morgan fingerprint density at radius 3 is 2.44 bits per heavy atom. The van der Waals surface area contributed by atoms with Crippen molar-refractivity contribution in [3.63, 3.8) is 0 Å². The molecule has 1 saturated heterocycles. The summed E-state index contributed by atoms with van der Waals surface area (Å²) in [5, 5.41) is 8.71. The number of rotatable bonds is 7. The van der Waals surface area contributed by atoms with E-state index < -0.39 is 10.0 Å². The number of hydrogen-bond donors (Lipinski definition) is 1. The third-order valence-corrected chi connectivity index (χ3v) is 8.96. The highest BCUT2D eigenvalue weighted by molar-refractivity contribution is 8.00. The number of hydrogen-bond acceptors (Lipinski definition) is 7. The van der Waals surface area contributed by atoms with Crippen molar-refractivity contribution < 1.29 is 13.2 Å². The number of carbonyl (C=O) groups is 1. The number of aryl methyl sites for hydroxylation is 1. The maximum absolute atomic E-state index is 12.8. The van der Waals surface area contributed by atoms with Gasteiger partial charge in [0.1, 0.15) is 11.4 Å². The Kier molecular flexibility index (Phi) is 7.04. The quantitative estimate of drug-likeness (QED) is 0.288. The molecule has 0 radical (unpaired) electrons. The molecule has 0 saturated carbocycles. The number of aromatic nitrogens is 4. The van der Waals surface area contributed by atoms with Gasteiger partial charge in [0.25, 0.3) is 0 Å². The van der Waals surface area contributed by atoms with Gasteiger partial charge in [0.15, 0.2) is 5.65 Å². The number of anilines is 1. The van der Waals surface area contributed by atoms with Crippen LogP contribution in [0.2, 0.25) is 0 Å². The third kappa shape index (κ3) is 5.13. The number of thioether (sulfide) groups is 1. The van der Waals surface area contributed by atoms with Crippen molar-refractivity contribution >= 4 is 44.4 Å². The highest BCUT2D eigenvalue weighted by Crippen LogP contribution is 2.26. The van der Waals surface area contributed by atoms with E-state index in [9.17, 15) is 13.2 Å². The van der Waals surface area contributed by atoms with Crippen LogP contribution in [0.1, 0.15) is 24.8 Å². The second-order valence-corrected chi connectivity index (χ2v) is 11.5. The van der Waals surface area contributed by atoms with Crippen LogP contribution < -0.4 is 5.32 Å². The van der Waals surface area contributed by atoms with Gasteiger partial charge < -0.3 is 5.32 Å². The van der Waals surface area contributed by atoms with Gasteiger partial charge in [-0.3, -0.25) is 4.79 Å². The number of nitrogens with zero attached hydrogens (tertiary/aromatic N) is 5. The fourth-order valence-electron chi connectivity index (χ4n) is 4.11. The van der Waals surface area contributed by atoms with Gasteiger partial charge in [0.05, 0.1) is 27.9 Å². The standard InChI is InChI=1S/C25H26N6O3S2/c1-18-5-9-20(10-6-18)31-24-22(15-28-31)25(27-17-26-24)35-16-23(32)29-19-7-11-21(12-8-19)36(33,34)30-13-3-2-4-14-30/h5-12,15,17H,2-4,13-14,16H2,1H3,(H,29,32). The molecule has 5 rings (SSSR count). The van der Waals surface area contributed by atoms with Crippen molar-refractivity contribution in [1.29, 1.82) is 0 Å². The average Bonchev–Trinajstić information content (AvgIpc) is 3.34. The summed E-state index contributed by atoms with van der Waals surface area (Å²) in [6, 6.07) is 14.3. The van der Waals surface area contributed by atoms with Crippen molar-refractivity contribution in [3.05, 3.63) is 66.6 Å². The van der Waals surface area contributed by atoms with Crippen molar-refractivity contribution in [3.8, 4) is 5.69 Å². The maximum atomic E-state index is 12.8. The Bertz CT molecular complexity index is 1480. The van der Waals surface area contributed by atoms with Crippen LogP contribution in [0.15, 0.2) is 71.0 Å². The smallest absolute Gasteiger partial charge is 0.243 e. The fraction of sp³-hybridized carbons (Fsp3) is 0.280. The molecule has 9 nitrogen and oxygen atoms in total. The van der Waals surface area contributed by atoms with E-state index in [1.54, 1.807) is 35.1 Å². The van der Waals surface area contributed by atoms with Crippen molar-refractivity contribution in [2.45, 2.75) is 36.1 Å². The summed E-state index contributed by atoms with van der Waals surface area (Å²) in [5.74, 6) is -0.0836. The van der Waals surface area contributed by atoms with Crippen molar-refractivity contribution in [2.75, 3.05) is 24.2 Å². The van der Waals surface area contributed by atoms with Gasteiger partial charge in [-0.2, -0.15) is 9.40 Å². The van der Waals surface area contributed by atoms with Crippen LogP contribution in [-0.4, -0.2) is 57.2 Å². The number of benzene rings is 2. The van der Waals surface area contributed by atoms with Crippen molar-refractivity contribution in [2.24, 2.45) is 0 Å². The van der Waals surface area contributed by atoms with Crippen LogP contribution in [0.3, 0.4) is 0 Å². The second-order valence-electron chi connectivity index (χ2n) is 8.63. The molecular weight excluding hydrogens is 496 g/mol. The van der Waals surface area contributed by atoms with Gasteiger partial charge in [-0.05, 0) is 56.2 Å². The molecule has 4 aromatic rings. The molecule has 11 heteroatoms. The molecule has 1 aliphatic heterocycles. The Morgan fingerprint density at radius 1 is 1.00 bits per heavy atom. The Morgan fingerprint density at radius 2 is 1.72 bits per heavy atom. The Balaban J connectivity index is 1.23. The Hall–Kier alpha value is -3.28. The first-order valence-corrected chi connectivity index (χ1v) is 14.1. The van der Waals surface area contributed by atoms with Crippen LogP contribution in [0.5, 0.6) is 0 Å². The lowest BCUT2D eigenvalue weighted by molar-refractivity contribution is -0.113. The van der Waals surface area contributed by atoms with Gasteiger partial charge in [-0.25, -0.2) is 23.1 Å². The van der Waals surface area contributed by atoms with Gasteiger partial charge in [-0.15, -0.1) is 0 Å². The fourth-order valence-corrected chi connectivity index (χ4v) is 6.39. The molecule has 0 bridgehead atoms. The summed E-state index contributed by atoms with van der Waals surface area (Å²) in [5.41, 5.74) is 3.26. The lowest BCUT2D eigenvalue weighted by Gasteiger charge is -2.25. The van der Waals surface area contributed by atoms with E-state index in [1.807, 2.05) is 31.2 Å². The maximum Gasteiger partial charge on any atom is 0.243 e. The lowest BCUT2D eigenvalue weighted by Crippen LogP contribution is -2.35. The van der Waals surface area contributed by atoms with E-state index in [1.165, 1.54) is 22.4 Å². The van der Waals surface area contributed by atoms with E-state index in [0.717, 1.165) is 35.9 Å². The first kappa shape index (κ1) is 24.4. The van der Waals surface area contributed by atoms with E-state index >= 15 is 0 Å². The second kappa shape index (κ2) is 10.4. The molecule has 1 fully saturated rings. The molecule has 3 heterocycles. The monoisotopic (exact) mass is 522 g/mol. The summed E-state index contributed by atoms with van der Waals surface area (Å²) >= 11 is 1.30. The third-order valence-electron chi connectivity index (χ3n) is 6.04. The molecule has 0 atom stereocenters. The van der Waals surface area contributed by atoms with E-state index in [2.05, 4.69) is 20.4 Å². The highest BCUT2D eigenvalue weighted by atomic mass is 32.2. The largest absolute Gasteiger partial charge is 0.325 e. The normalized spacial score (nSPS) is 14.7. The SMILES string of the molecule is Cc1ccc(-n2ncc3c(SCC(=O)Nc4ccc(S(=O)(=O)N5CCCCC5)cc4)ncnc32)cc1. The van der Waals surface area contributed by atoms with Gasteiger partial charge in [0.2, 0.25) is 15.9 Å². The molecule has 1 aliphatic rings. The minimum Gasteiger partial charge on any atom is -0.325 e. The van der Waals surface area contributed by atoms with Gasteiger partial charge >= 0.3 is 0 Å². The van der Waals surface area contributed by atoms with E-state index in [0.29, 0.717) is 29.5 Å². The summed E-state index contributed by atoms with van der Waals surface area (Å²) in [6.07, 6.45) is 6.00. The zero-order valence-corrected chi connectivity index (χ0v) is 21.4. The van der Waals surface area contributed by atoms with Crippen LogP contribution in [-0.2, 0) is 14.8 Å². The highest BCUT2D eigenvalue weighted by Gasteiger charge is 2.25. The van der Waals surface area contributed by atoms with E-state index in [4.69, 9.17) is 0 Å². The topological polar surface area (TPSA) is 110 Å². The Labute approximate surface area is 214 Å². The molecular formula is C25H26N6O3S2. The predicted molar refractivity (Wildman–Crippen MR) is 140 cm³/mol. The number of sulfonamides is 1. The number of amides is 1. The van der Waals surface area contributed by atoms with Gasteiger partial charge in [0, 0.05) is 18.8 Å². The molecule has 0 aliphatic carbocycles. The minimum atomic E-state index is -3.50. The first-order chi connectivity index (χ1) is 17.4. The van der Waals surface area contributed by atoms with Crippen LogP contribution in [0.25, 0.3) is 16.7 Å². The van der Waals surface area contributed by atoms with Crippen LogP contribution in [0.4, 0.5) is 5.69 Å². The first-order valence-electron chi connectivity index (χ1n) is 11.7. The predicted octanol–water partition coefficient (Wildman–Crippen LogP) is 4.03. The zero-order valence-electron chi connectivity index (χ0n) is 19.8. The molecule has 186 valence electrons. The van der Waals surface area contributed by atoms with Crippen LogP contribution in [0, 0.1) is 6.92 Å². The number of piperidine rings is 1. The van der Waals surface area contributed by atoms with Crippen LogP contribution >= 0.6 is 11.8 Å². The summed E-state index contributed by atoms with van der Waals surface area (Å²) in [4.78, 5) is 21.5. The molecule has 2 aromatic carbocycles. The molecule has 0 unspecified atom stereocenters. The minimum absolute atomic E-state index is 0.135. The number of nitrogens with one attached hydrogen (secondary N) is 1. The lowest BCUT2D eigenvalue weighted by atomic mass is 10.2. The van der Waals surface area contributed by atoms with Crippen molar-refractivity contribution in [1.82, 2.24) is 24.1 Å².